The number of fused-ring (bicyclic) bond motifs is 4. The molecule has 0 saturated heterocycles. The summed E-state index contributed by atoms with van der Waals surface area (Å²) < 4.78 is 6.19. The van der Waals surface area contributed by atoms with Crippen molar-refractivity contribution in [3.8, 4) is 12.1 Å². The number of hydrogen-bond donors (Lipinski definition) is 0. The van der Waals surface area contributed by atoms with E-state index in [1.165, 1.54) is 0 Å². The number of nitriles is 2. The van der Waals surface area contributed by atoms with E-state index in [0.717, 1.165) is 39.0 Å². The van der Waals surface area contributed by atoms with E-state index in [-0.39, 0.29) is 6.17 Å². The molecule has 0 N–H and O–H groups in total. The highest BCUT2D eigenvalue weighted by atomic mass is 16.3. The smallest absolute Gasteiger partial charge is 0.227 e. The summed E-state index contributed by atoms with van der Waals surface area (Å²) >= 11 is 0. The van der Waals surface area contributed by atoms with Crippen LogP contribution in [0.1, 0.15) is 23.6 Å². The Balaban J connectivity index is 1.89. The molecule has 0 saturated carbocycles. The van der Waals surface area contributed by atoms with Gasteiger partial charge in [0.05, 0.1) is 28.2 Å². The number of furan rings is 1. The second-order valence-electron chi connectivity index (χ2n) is 7.26. The summed E-state index contributed by atoms with van der Waals surface area (Å²) in [5, 5.41) is 21.4. The number of rotatable bonds is 1. The predicted molar refractivity (Wildman–Crippen MR) is 112 cm³/mol. The van der Waals surface area contributed by atoms with Crippen LogP contribution in [0.25, 0.3) is 22.1 Å². The van der Waals surface area contributed by atoms with Gasteiger partial charge in [0.1, 0.15) is 18.3 Å². The van der Waals surface area contributed by atoms with Gasteiger partial charge in [0.25, 0.3) is 0 Å². The second-order valence-corrected chi connectivity index (χ2v) is 7.26. The lowest BCUT2D eigenvalue weighted by atomic mass is 10.0. The standard InChI is InChI=1S/C23H17N5O/c1-13-6-9-17-18-5-4-10-26-23(18)29-22(17)19(13)28-14(2)27(3)20-15(11-24)7-8-16(12-25)21(20)28/h4-10,14H,1-3H3/t14-/m0/s1. The fourth-order valence-corrected chi connectivity index (χ4v) is 4.26. The van der Waals surface area contributed by atoms with Crippen molar-refractivity contribution in [1.29, 1.82) is 10.5 Å². The summed E-state index contributed by atoms with van der Waals surface area (Å²) in [7, 11) is 1.95. The molecule has 4 aromatic rings. The van der Waals surface area contributed by atoms with Gasteiger partial charge in [0.2, 0.25) is 5.71 Å². The van der Waals surface area contributed by atoms with Gasteiger partial charge in [-0.1, -0.05) is 12.1 Å². The molecule has 0 aliphatic carbocycles. The molecule has 0 amide bonds. The lowest BCUT2D eigenvalue weighted by Gasteiger charge is -2.29. The minimum atomic E-state index is -0.0999. The molecule has 1 aliphatic rings. The van der Waals surface area contributed by atoms with Gasteiger partial charge in [0, 0.05) is 24.0 Å². The highest BCUT2D eigenvalue weighted by Gasteiger charge is 2.38. The van der Waals surface area contributed by atoms with Gasteiger partial charge in [-0.2, -0.15) is 10.5 Å². The van der Waals surface area contributed by atoms with Crippen molar-refractivity contribution >= 4 is 39.1 Å². The lowest BCUT2D eigenvalue weighted by Crippen LogP contribution is -2.36. The van der Waals surface area contributed by atoms with Gasteiger partial charge in [-0.15, -0.1) is 0 Å². The monoisotopic (exact) mass is 379 g/mol. The molecule has 140 valence electrons. The number of anilines is 3. The Morgan fingerprint density at radius 2 is 1.69 bits per heavy atom. The van der Waals surface area contributed by atoms with E-state index in [1.807, 2.05) is 37.1 Å². The van der Waals surface area contributed by atoms with Gasteiger partial charge >= 0.3 is 0 Å². The first-order chi connectivity index (χ1) is 14.1. The number of nitrogens with zero attached hydrogens (tertiary/aromatic N) is 5. The lowest BCUT2D eigenvalue weighted by molar-refractivity contribution is 0.648. The minimum absolute atomic E-state index is 0.0999. The first-order valence-electron chi connectivity index (χ1n) is 9.33. The number of aryl methyl sites for hydroxylation is 1. The Kier molecular flexibility index (Phi) is 3.53. The zero-order chi connectivity index (χ0) is 20.3. The molecule has 1 atom stereocenters. The van der Waals surface area contributed by atoms with E-state index in [2.05, 4.69) is 35.0 Å². The van der Waals surface area contributed by atoms with Gasteiger partial charge in [0.15, 0.2) is 5.58 Å². The van der Waals surface area contributed by atoms with Gasteiger partial charge < -0.3 is 14.2 Å². The Morgan fingerprint density at radius 1 is 0.966 bits per heavy atom. The van der Waals surface area contributed by atoms with Crippen molar-refractivity contribution < 1.29 is 4.42 Å². The number of hydrogen-bond acceptors (Lipinski definition) is 6. The summed E-state index contributed by atoms with van der Waals surface area (Å²) in [6, 6.07) is 16.0. The zero-order valence-corrected chi connectivity index (χ0v) is 16.3. The third kappa shape index (κ3) is 2.17. The van der Waals surface area contributed by atoms with Crippen LogP contribution in [0.2, 0.25) is 0 Å². The number of pyridine rings is 1. The molecule has 5 rings (SSSR count). The second kappa shape index (κ2) is 5.98. The van der Waals surface area contributed by atoms with Crippen molar-refractivity contribution in [3.63, 3.8) is 0 Å². The van der Waals surface area contributed by atoms with Crippen molar-refractivity contribution in [2.75, 3.05) is 16.8 Å². The molecule has 0 spiro atoms. The van der Waals surface area contributed by atoms with Crippen LogP contribution < -0.4 is 9.80 Å². The molecular formula is C23H17N5O. The maximum atomic E-state index is 9.79. The van der Waals surface area contributed by atoms with Crippen molar-refractivity contribution in [3.05, 3.63) is 59.3 Å². The van der Waals surface area contributed by atoms with Crippen molar-refractivity contribution in [2.24, 2.45) is 0 Å². The average molecular weight is 379 g/mol. The third-order valence-corrected chi connectivity index (χ3v) is 5.75. The third-order valence-electron chi connectivity index (χ3n) is 5.75. The topological polar surface area (TPSA) is 80.1 Å². The molecule has 29 heavy (non-hydrogen) atoms. The summed E-state index contributed by atoms with van der Waals surface area (Å²) in [6.45, 7) is 4.09. The highest BCUT2D eigenvalue weighted by Crippen LogP contribution is 2.50. The van der Waals surface area contributed by atoms with Gasteiger partial charge in [-0.05, 0) is 43.7 Å². The van der Waals surface area contributed by atoms with Crippen LogP contribution in [0.5, 0.6) is 0 Å². The average Bonchev–Trinajstić information content (AvgIpc) is 3.24. The van der Waals surface area contributed by atoms with Crippen LogP contribution in [0.3, 0.4) is 0 Å². The van der Waals surface area contributed by atoms with Crippen molar-refractivity contribution in [2.45, 2.75) is 20.0 Å². The minimum Gasteiger partial charge on any atom is -0.435 e. The molecule has 0 radical (unpaired) electrons. The Morgan fingerprint density at radius 3 is 2.41 bits per heavy atom. The molecule has 2 aromatic heterocycles. The van der Waals surface area contributed by atoms with E-state index < -0.39 is 0 Å². The molecule has 3 heterocycles. The summed E-state index contributed by atoms with van der Waals surface area (Å²) in [4.78, 5) is 8.51. The molecular weight excluding hydrogens is 362 g/mol. The first kappa shape index (κ1) is 17.1. The SMILES string of the molecule is Cc1ccc2c(oc3ncccc32)c1N1c2c(C#N)ccc(C#N)c2N(C)[C@@H]1C. The molecule has 0 fully saturated rings. The molecule has 6 heteroatoms. The Hall–Kier alpha value is -4.03. The van der Waals surface area contributed by atoms with E-state index in [0.29, 0.717) is 16.8 Å². The van der Waals surface area contributed by atoms with Crippen LogP contribution in [0, 0.1) is 29.6 Å². The number of aromatic nitrogens is 1. The highest BCUT2D eigenvalue weighted by molar-refractivity contribution is 6.10. The number of benzene rings is 2. The van der Waals surface area contributed by atoms with E-state index in [1.54, 1.807) is 18.3 Å². The largest absolute Gasteiger partial charge is 0.435 e. The quantitative estimate of drug-likeness (QED) is 0.465. The maximum Gasteiger partial charge on any atom is 0.227 e. The maximum absolute atomic E-state index is 9.79. The Bertz CT molecular complexity index is 1390. The normalized spacial score (nSPS) is 15.6. The molecule has 0 bridgehead atoms. The van der Waals surface area contributed by atoms with Crippen molar-refractivity contribution in [1.82, 2.24) is 4.98 Å². The van der Waals surface area contributed by atoms with Crippen LogP contribution in [0.4, 0.5) is 17.1 Å². The van der Waals surface area contributed by atoms with Crippen LogP contribution in [-0.2, 0) is 0 Å². The fourth-order valence-electron chi connectivity index (χ4n) is 4.26. The Labute approximate surface area is 167 Å². The summed E-state index contributed by atoms with van der Waals surface area (Å²) in [5.41, 5.74) is 5.82. The van der Waals surface area contributed by atoms with Crippen LogP contribution >= 0.6 is 0 Å². The fraction of sp³-hybridized carbons (Fsp3) is 0.174. The van der Waals surface area contributed by atoms with E-state index in [9.17, 15) is 10.5 Å². The molecule has 2 aromatic carbocycles. The van der Waals surface area contributed by atoms with Gasteiger partial charge in [-0.25, -0.2) is 4.98 Å². The summed E-state index contributed by atoms with van der Waals surface area (Å²) in [5.74, 6) is 0. The molecule has 0 unspecified atom stereocenters. The molecule has 1 aliphatic heterocycles. The van der Waals surface area contributed by atoms with E-state index in [4.69, 9.17) is 4.42 Å². The first-order valence-corrected chi connectivity index (χ1v) is 9.33. The zero-order valence-electron chi connectivity index (χ0n) is 16.3. The summed E-state index contributed by atoms with van der Waals surface area (Å²) in [6.07, 6.45) is 1.61. The van der Waals surface area contributed by atoms with Gasteiger partial charge in [-0.3, -0.25) is 0 Å². The van der Waals surface area contributed by atoms with Crippen LogP contribution in [0.15, 0.2) is 47.0 Å². The van der Waals surface area contributed by atoms with E-state index >= 15 is 0 Å². The predicted octanol–water partition coefficient (Wildman–Crippen LogP) is 4.97. The molecule has 6 nitrogen and oxygen atoms in total. The van der Waals surface area contributed by atoms with Crippen LogP contribution in [-0.4, -0.2) is 18.2 Å².